The molecule has 1 saturated heterocycles. The zero-order chi connectivity index (χ0) is 12.1. The van der Waals surface area contributed by atoms with Crippen LogP contribution >= 0.6 is 0 Å². The molecule has 0 aromatic heterocycles. The van der Waals surface area contributed by atoms with Gasteiger partial charge in [0.25, 0.3) is 0 Å². The summed E-state index contributed by atoms with van der Waals surface area (Å²) >= 11 is 0. The molecule has 17 heavy (non-hydrogen) atoms. The molecule has 1 aromatic carbocycles. The number of nitrogens with one attached hydrogen (secondary N) is 1. The Morgan fingerprint density at radius 2 is 1.71 bits per heavy atom. The molecule has 1 N–H and O–H groups in total. The monoisotopic (exact) mass is 235 g/mol. The molecular formula is C14H21NO2. The number of anilines is 1. The van der Waals surface area contributed by atoms with E-state index in [4.69, 9.17) is 9.47 Å². The zero-order valence-electron chi connectivity index (χ0n) is 10.7. The van der Waals surface area contributed by atoms with Gasteiger partial charge in [0.1, 0.15) is 0 Å². The Labute approximate surface area is 103 Å². The summed E-state index contributed by atoms with van der Waals surface area (Å²) in [6.07, 6.45) is 2.00. The van der Waals surface area contributed by atoms with Gasteiger partial charge in [-0.15, -0.1) is 0 Å². The van der Waals surface area contributed by atoms with E-state index >= 15 is 0 Å². The highest BCUT2D eigenvalue weighted by atomic mass is 16.7. The number of aryl methyl sites for hydroxylation is 2. The van der Waals surface area contributed by atoms with Gasteiger partial charge < -0.3 is 14.8 Å². The molecule has 0 bridgehead atoms. The van der Waals surface area contributed by atoms with Gasteiger partial charge in [-0.05, 0) is 24.0 Å². The second-order valence-corrected chi connectivity index (χ2v) is 4.21. The van der Waals surface area contributed by atoms with Crippen molar-refractivity contribution in [1.29, 1.82) is 0 Å². The fourth-order valence-electron chi connectivity index (χ4n) is 2.18. The summed E-state index contributed by atoms with van der Waals surface area (Å²) in [7, 11) is 0. The largest absolute Gasteiger partial charge is 0.379 e. The van der Waals surface area contributed by atoms with Crippen molar-refractivity contribution in [3.05, 3.63) is 29.3 Å². The van der Waals surface area contributed by atoms with Crippen molar-refractivity contribution in [2.24, 2.45) is 0 Å². The minimum absolute atomic E-state index is 0.0929. The van der Waals surface area contributed by atoms with E-state index in [1.54, 1.807) is 0 Å². The Hall–Kier alpha value is -1.06. The van der Waals surface area contributed by atoms with Crippen LogP contribution in [0.15, 0.2) is 18.2 Å². The SMILES string of the molecule is CCc1cccc(CC)c1NCC1OCCO1. The van der Waals surface area contributed by atoms with E-state index in [1.807, 2.05) is 0 Å². The first-order valence-corrected chi connectivity index (χ1v) is 6.43. The summed E-state index contributed by atoms with van der Waals surface area (Å²) in [5, 5.41) is 3.48. The predicted octanol–water partition coefficient (Wildman–Crippen LogP) is 2.60. The van der Waals surface area contributed by atoms with Gasteiger partial charge in [0, 0.05) is 5.69 Å². The minimum Gasteiger partial charge on any atom is -0.379 e. The first kappa shape index (κ1) is 12.4. The number of para-hydroxylation sites is 1. The number of ether oxygens (including phenoxy) is 2. The molecule has 0 atom stereocenters. The molecule has 0 unspecified atom stereocenters. The normalized spacial score (nSPS) is 16.4. The number of hydrogen-bond donors (Lipinski definition) is 1. The van der Waals surface area contributed by atoms with Gasteiger partial charge in [-0.2, -0.15) is 0 Å². The second kappa shape index (κ2) is 6.03. The molecule has 0 saturated carbocycles. The molecule has 1 aromatic rings. The van der Waals surface area contributed by atoms with Crippen molar-refractivity contribution in [2.45, 2.75) is 33.0 Å². The van der Waals surface area contributed by atoms with E-state index in [9.17, 15) is 0 Å². The van der Waals surface area contributed by atoms with Gasteiger partial charge in [0.15, 0.2) is 6.29 Å². The van der Waals surface area contributed by atoms with E-state index in [0.717, 1.165) is 19.4 Å². The van der Waals surface area contributed by atoms with E-state index in [0.29, 0.717) is 13.2 Å². The minimum atomic E-state index is -0.0929. The Balaban J connectivity index is 2.06. The van der Waals surface area contributed by atoms with Crippen molar-refractivity contribution in [2.75, 3.05) is 25.1 Å². The lowest BCUT2D eigenvalue weighted by Crippen LogP contribution is -2.21. The Bertz CT molecular complexity index is 337. The van der Waals surface area contributed by atoms with E-state index < -0.39 is 0 Å². The third-order valence-corrected chi connectivity index (χ3v) is 3.14. The van der Waals surface area contributed by atoms with Crippen LogP contribution in [0.1, 0.15) is 25.0 Å². The van der Waals surface area contributed by atoms with Crippen LogP contribution in [0.2, 0.25) is 0 Å². The van der Waals surface area contributed by atoms with Crippen LogP contribution in [-0.2, 0) is 22.3 Å². The summed E-state index contributed by atoms with van der Waals surface area (Å²) in [5.41, 5.74) is 3.99. The first-order valence-electron chi connectivity index (χ1n) is 6.43. The molecule has 0 aliphatic carbocycles. The molecule has 1 aliphatic heterocycles. The predicted molar refractivity (Wildman–Crippen MR) is 69.4 cm³/mol. The van der Waals surface area contributed by atoms with E-state index in [-0.39, 0.29) is 6.29 Å². The van der Waals surface area contributed by atoms with Crippen LogP contribution in [0.5, 0.6) is 0 Å². The Morgan fingerprint density at radius 1 is 1.12 bits per heavy atom. The molecule has 2 rings (SSSR count). The zero-order valence-corrected chi connectivity index (χ0v) is 10.7. The summed E-state index contributed by atoms with van der Waals surface area (Å²) in [6.45, 7) is 6.51. The molecule has 94 valence electrons. The third-order valence-electron chi connectivity index (χ3n) is 3.14. The number of hydrogen-bond acceptors (Lipinski definition) is 3. The van der Waals surface area contributed by atoms with Gasteiger partial charge in [-0.1, -0.05) is 32.0 Å². The first-order chi connectivity index (χ1) is 8.35. The molecule has 0 amide bonds. The molecule has 1 aliphatic rings. The fourth-order valence-corrected chi connectivity index (χ4v) is 2.18. The molecule has 0 radical (unpaired) electrons. The Kier molecular flexibility index (Phi) is 4.40. The van der Waals surface area contributed by atoms with Gasteiger partial charge in [-0.3, -0.25) is 0 Å². The highest BCUT2D eigenvalue weighted by molar-refractivity contribution is 5.57. The fraction of sp³-hybridized carbons (Fsp3) is 0.571. The van der Waals surface area contributed by atoms with Crippen LogP contribution in [-0.4, -0.2) is 26.0 Å². The number of benzene rings is 1. The van der Waals surface area contributed by atoms with Crippen molar-refractivity contribution < 1.29 is 9.47 Å². The molecule has 1 fully saturated rings. The lowest BCUT2D eigenvalue weighted by molar-refractivity contribution is -0.0299. The van der Waals surface area contributed by atoms with Gasteiger partial charge in [-0.25, -0.2) is 0 Å². The van der Waals surface area contributed by atoms with Gasteiger partial charge in [0.2, 0.25) is 0 Å². The van der Waals surface area contributed by atoms with Crippen molar-refractivity contribution in [3.8, 4) is 0 Å². The maximum atomic E-state index is 5.44. The molecular weight excluding hydrogens is 214 g/mol. The standard InChI is InChI=1S/C14H21NO2/c1-3-11-6-5-7-12(4-2)14(11)15-10-13-16-8-9-17-13/h5-7,13,15H,3-4,8-10H2,1-2H3. The molecule has 3 heteroatoms. The van der Waals surface area contributed by atoms with Crippen LogP contribution in [0, 0.1) is 0 Å². The maximum absolute atomic E-state index is 5.44. The van der Waals surface area contributed by atoms with E-state index in [2.05, 4.69) is 37.4 Å². The quantitative estimate of drug-likeness (QED) is 0.851. The number of rotatable bonds is 5. The maximum Gasteiger partial charge on any atom is 0.174 e. The second-order valence-electron chi connectivity index (χ2n) is 4.21. The van der Waals surface area contributed by atoms with Crippen molar-refractivity contribution >= 4 is 5.69 Å². The summed E-state index contributed by atoms with van der Waals surface area (Å²) in [6, 6.07) is 6.49. The highest BCUT2D eigenvalue weighted by Gasteiger charge is 2.16. The van der Waals surface area contributed by atoms with Crippen LogP contribution in [0.25, 0.3) is 0 Å². The highest BCUT2D eigenvalue weighted by Crippen LogP contribution is 2.22. The molecule has 3 nitrogen and oxygen atoms in total. The van der Waals surface area contributed by atoms with E-state index in [1.165, 1.54) is 16.8 Å². The molecule has 1 heterocycles. The van der Waals surface area contributed by atoms with Crippen molar-refractivity contribution in [1.82, 2.24) is 0 Å². The summed E-state index contributed by atoms with van der Waals surface area (Å²) < 4.78 is 10.9. The van der Waals surface area contributed by atoms with Gasteiger partial charge in [0.05, 0.1) is 19.8 Å². The van der Waals surface area contributed by atoms with Crippen LogP contribution < -0.4 is 5.32 Å². The van der Waals surface area contributed by atoms with Crippen molar-refractivity contribution in [3.63, 3.8) is 0 Å². The summed E-state index contributed by atoms with van der Waals surface area (Å²) in [5.74, 6) is 0. The smallest absolute Gasteiger partial charge is 0.174 e. The third kappa shape index (κ3) is 2.99. The average Bonchev–Trinajstić information content (AvgIpc) is 2.88. The summed E-state index contributed by atoms with van der Waals surface area (Å²) in [4.78, 5) is 0. The topological polar surface area (TPSA) is 30.5 Å². The lowest BCUT2D eigenvalue weighted by atomic mass is 10.0. The molecule has 0 spiro atoms. The Morgan fingerprint density at radius 3 is 2.24 bits per heavy atom. The van der Waals surface area contributed by atoms with Crippen LogP contribution in [0.4, 0.5) is 5.69 Å². The average molecular weight is 235 g/mol. The van der Waals surface area contributed by atoms with Gasteiger partial charge >= 0.3 is 0 Å². The van der Waals surface area contributed by atoms with Crippen LogP contribution in [0.3, 0.4) is 0 Å². The lowest BCUT2D eigenvalue weighted by Gasteiger charge is -2.17.